The van der Waals surface area contributed by atoms with Gasteiger partial charge < -0.3 is 10.1 Å². The fourth-order valence-electron chi connectivity index (χ4n) is 3.80. The van der Waals surface area contributed by atoms with Crippen LogP contribution in [0.5, 0.6) is 0 Å². The Morgan fingerprint density at radius 1 is 1.03 bits per heavy atom. The molecule has 1 fully saturated rings. The van der Waals surface area contributed by atoms with E-state index in [1.807, 2.05) is 0 Å². The lowest BCUT2D eigenvalue weighted by molar-refractivity contribution is 0.0374. The minimum atomic E-state index is -0.415. The highest BCUT2D eigenvalue weighted by Crippen LogP contribution is 2.27. The molecule has 0 aromatic heterocycles. The molecule has 170 valence electrons. The van der Waals surface area contributed by atoms with E-state index in [0.29, 0.717) is 28.3 Å². The molecule has 32 heavy (non-hydrogen) atoms. The summed E-state index contributed by atoms with van der Waals surface area (Å²) < 4.78 is 5.33. The number of carbonyl (C=O) groups is 3. The van der Waals surface area contributed by atoms with E-state index in [-0.39, 0.29) is 36.3 Å². The average Bonchev–Trinajstić information content (AvgIpc) is 3.03. The normalized spacial score (nSPS) is 16.0. The van der Waals surface area contributed by atoms with Gasteiger partial charge in [-0.05, 0) is 42.8 Å². The molecule has 1 N–H and O–H groups in total. The predicted octanol–water partition coefficient (Wildman–Crippen LogP) is 3.01. The molecule has 0 bridgehead atoms. The van der Waals surface area contributed by atoms with E-state index in [0.717, 1.165) is 44.2 Å². The summed E-state index contributed by atoms with van der Waals surface area (Å²) in [5.74, 6) is -1.05. The van der Waals surface area contributed by atoms with Crippen molar-refractivity contribution in [3.05, 3.63) is 69.7 Å². The second-order valence-electron chi connectivity index (χ2n) is 7.61. The second-order valence-corrected chi connectivity index (χ2v) is 8.02. The molecule has 0 radical (unpaired) electrons. The van der Waals surface area contributed by atoms with Crippen molar-refractivity contribution in [3.8, 4) is 0 Å². The molecule has 2 aliphatic heterocycles. The van der Waals surface area contributed by atoms with Gasteiger partial charge in [0.1, 0.15) is 0 Å². The number of halogens is 2. The molecule has 2 aromatic rings. The van der Waals surface area contributed by atoms with Crippen molar-refractivity contribution >= 4 is 41.7 Å². The lowest BCUT2D eigenvalue weighted by Crippen LogP contribution is -2.38. The van der Waals surface area contributed by atoms with Gasteiger partial charge >= 0.3 is 0 Å². The average molecular weight is 478 g/mol. The Balaban J connectivity index is 0.00000289. The fraction of sp³-hybridized carbons (Fsp3) is 0.348. The van der Waals surface area contributed by atoms with Gasteiger partial charge in [0, 0.05) is 30.2 Å². The molecule has 0 unspecified atom stereocenters. The highest BCUT2D eigenvalue weighted by Gasteiger charge is 2.36. The molecular weight excluding hydrogens is 453 g/mol. The molecule has 9 heteroatoms. The number of nitrogens with zero attached hydrogens (tertiary/aromatic N) is 2. The summed E-state index contributed by atoms with van der Waals surface area (Å²) in [6, 6.07) is 11.7. The minimum Gasteiger partial charge on any atom is -0.379 e. The van der Waals surface area contributed by atoms with E-state index in [1.165, 1.54) is 6.07 Å². The van der Waals surface area contributed by atoms with Gasteiger partial charge in [0.2, 0.25) is 0 Å². The first kappa shape index (κ1) is 24.2. The Bertz CT molecular complexity index is 1010. The number of hydrogen-bond acceptors (Lipinski definition) is 5. The number of morpholine rings is 1. The number of hydrogen-bond donors (Lipinski definition) is 1. The van der Waals surface area contributed by atoms with Crippen LogP contribution < -0.4 is 5.32 Å². The van der Waals surface area contributed by atoms with E-state index in [2.05, 4.69) is 10.2 Å². The zero-order chi connectivity index (χ0) is 21.8. The van der Waals surface area contributed by atoms with Crippen molar-refractivity contribution in [2.45, 2.75) is 13.0 Å². The van der Waals surface area contributed by atoms with Gasteiger partial charge in [-0.3, -0.25) is 24.2 Å². The van der Waals surface area contributed by atoms with Crippen LogP contribution in [0, 0.1) is 0 Å². The van der Waals surface area contributed by atoms with Gasteiger partial charge in [-0.25, -0.2) is 0 Å². The van der Waals surface area contributed by atoms with E-state index < -0.39 is 5.91 Å². The number of carbonyl (C=O) groups excluding carboxylic acids is 3. The summed E-state index contributed by atoms with van der Waals surface area (Å²) in [5, 5.41) is 3.39. The van der Waals surface area contributed by atoms with Crippen LogP contribution in [0.3, 0.4) is 0 Å². The smallest absolute Gasteiger partial charge is 0.261 e. The second kappa shape index (κ2) is 10.9. The molecule has 1 saturated heterocycles. The monoisotopic (exact) mass is 477 g/mol. The SMILES string of the molecule is Cl.O=C(NCCCN1CCOCC1)c1ccc2c(c1)C(=O)N(Cc1ccccc1Cl)C2=O. The summed E-state index contributed by atoms with van der Waals surface area (Å²) in [6.07, 6.45) is 0.833. The van der Waals surface area contributed by atoms with E-state index >= 15 is 0 Å². The van der Waals surface area contributed by atoms with Gasteiger partial charge in [-0.1, -0.05) is 29.8 Å². The van der Waals surface area contributed by atoms with Crippen LogP contribution in [0.15, 0.2) is 42.5 Å². The number of fused-ring (bicyclic) bond motifs is 1. The standard InChI is InChI=1S/C23H24ClN3O4.ClH/c24-20-5-2-1-4-17(20)15-27-22(29)18-7-6-16(14-19(18)23(27)30)21(28)25-8-3-9-26-10-12-31-13-11-26;/h1-2,4-7,14H,3,8-13,15H2,(H,25,28);1H. The maximum absolute atomic E-state index is 12.8. The molecular formula is C23H25Cl2N3O4. The van der Waals surface area contributed by atoms with Gasteiger partial charge in [0.05, 0.1) is 30.9 Å². The van der Waals surface area contributed by atoms with Gasteiger partial charge in [0.15, 0.2) is 0 Å². The maximum Gasteiger partial charge on any atom is 0.261 e. The Morgan fingerprint density at radius 2 is 1.75 bits per heavy atom. The minimum absolute atomic E-state index is 0. The van der Waals surface area contributed by atoms with Crippen LogP contribution in [0.2, 0.25) is 5.02 Å². The Kier molecular flexibility index (Phi) is 8.26. The molecule has 2 aromatic carbocycles. The summed E-state index contributed by atoms with van der Waals surface area (Å²) in [6.45, 7) is 4.87. The highest BCUT2D eigenvalue weighted by atomic mass is 35.5. The number of benzene rings is 2. The van der Waals surface area contributed by atoms with Gasteiger partial charge in [-0.15, -0.1) is 12.4 Å². The largest absolute Gasteiger partial charge is 0.379 e. The van der Waals surface area contributed by atoms with Gasteiger partial charge in [-0.2, -0.15) is 0 Å². The zero-order valence-corrected chi connectivity index (χ0v) is 19.1. The number of rotatable bonds is 7. The van der Waals surface area contributed by atoms with Crippen LogP contribution in [-0.2, 0) is 11.3 Å². The first-order valence-corrected chi connectivity index (χ1v) is 10.7. The molecule has 2 heterocycles. The van der Waals surface area contributed by atoms with Crippen LogP contribution in [0.1, 0.15) is 43.1 Å². The highest BCUT2D eigenvalue weighted by molar-refractivity contribution is 6.31. The molecule has 3 amide bonds. The quantitative estimate of drug-likeness (QED) is 0.489. The van der Waals surface area contributed by atoms with Gasteiger partial charge in [0.25, 0.3) is 17.7 Å². The zero-order valence-electron chi connectivity index (χ0n) is 17.5. The number of imide groups is 1. The number of ether oxygens (including phenoxy) is 1. The molecule has 0 spiro atoms. The number of amides is 3. The van der Waals surface area contributed by atoms with Crippen molar-refractivity contribution in [1.29, 1.82) is 0 Å². The van der Waals surface area contributed by atoms with E-state index in [4.69, 9.17) is 16.3 Å². The number of nitrogens with one attached hydrogen (secondary N) is 1. The Morgan fingerprint density at radius 3 is 2.50 bits per heavy atom. The molecule has 2 aliphatic rings. The molecule has 4 rings (SSSR count). The van der Waals surface area contributed by atoms with Crippen LogP contribution in [0.25, 0.3) is 0 Å². The summed E-state index contributed by atoms with van der Waals surface area (Å²) in [5.41, 5.74) is 1.61. The predicted molar refractivity (Wildman–Crippen MR) is 124 cm³/mol. The molecule has 0 atom stereocenters. The third kappa shape index (κ3) is 5.30. The first-order chi connectivity index (χ1) is 15.0. The van der Waals surface area contributed by atoms with Crippen molar-refractivity contribution in [2.24, 2.45) is 0 Å². The van der Waals surface area contributed by atoms with Crippen molar-refractivity contribution in [1.82, 2.24) is 15.1 Å². The van der Waals surface area contributed by atoms with E-state index in [1.54, 1.807) is 36.4 Å². The van der Waals surface area contributed by atoms with Crippen LogP contribution >= 0.6 is 24.0 Å². The van der Waals surface area contributed by atoms with Crippen molar-refractivity contribution in [3.63, 3.8) is 0 Å². The van der Waals surface area contributed by atoms with Crippen molar-refractivity contribution in [2.75, 3.05) is 39.4 Å². The van der Waals surface area contributed by atoms with Crippen LogP contribution in [-0.4, -0.2) is 66.9 Å². The molecule has 0 aliphatic carbocycles. The first-order valence-electron chi connectivity index (χ1n) is 10.4. The van der Waals surface area contributed by atoms with Crippen LogP contribution in [0.4, 0.5) is 0 Å². The molecule has 7 nitrogen and oxygen atoms in total. The van der Waals surface area contributed by atoms with E-state index in [9.17, 15) is 14.4 Å². The summed E-state index contributed by atoms with van der Waals surface area (Å²) in [4.78, 5) is 41.6. The van der Waals surface area contributed by atoms with Crippen molar-refractivity contribution < 1.29 is 19.1 Å². The fourth-order valence-corrected chi connectivity index (χ4v) is 4.00. The Hall–Kier alpha value is -2.45. The third-order valence-corrected chi connectivity index (χ3v) is 5.93. The molecule has 0 saturated carbocycles. The third-order valence-electron chi connectivity index (χ3n) is 5.56. The topological polar surface area (TPSA) is 79.0 Å². The Labute approximate surface area is 198 Å². The lowest BCUT2D eigenvalue weighted by Gasteiger charge is -2.26. The maximum atomic E-state index is 12.8. The summed E-state index contributed by atoms with van der Waals surface area (Å²) in [7, 11) is 0. The summed E-state index contributed by atoms with van der Waals surface area (Å²) >= 11 is 6.17. The lowest BCUT2D eigenvalue weighted by atomic mass is 10.1.